The van der Waals surface area contributed by atoms with E-state index in [0.717, 1.165) is 10.9 Å². The molecule has 0 N–H and O–H groups in total. The fraction of sp³-hybridized carbons (Fsp3) is 0.500. The van der Waals surface area contributed by atoms with E-state index in [0.29, 0.717) is 30.8 Å². The zero-order chi connectivity index (χ0) is 23.6. The molecule has 1 aromatic carbocycles. The fourth-order valence-electron chi connectivity index (χ4n) is 4.60. The van der Waals surface area contributed by atoms with Gasteiger partial charge < -0.3 is 19.4 Å². The third-order valence-electron chi connectivity index (χ3n) is 6.23. The molecule has 8 heteroatoms. The van der Waals surface area contributed by atoms with Crippen LogP contribution < -0.4 is 9.64 Å². The van der Waals surface area contributed by atoms with Gasteiger partial charge in [-0.25, -0.2) is 0 Å². The summed E-state index contributed by atoms with van der Waals surface area (Å²) < 4.78 is 5.44. The molecule has 1 fully saturated rings. The van der Waals surface area contributed by atoms with Crippen LogP contribution in [0.1, 0.15) is 47.5 Å². The number of amides is 3. The quantitative estimate of drug-likeness (QED) is 0.660. The molecule has 2 heterocycles. The molecule has 2 aromatic rings. The van der Waals surface area contributed by atoms with Crippen LogP contribution in [0.4, 0.5) is 5.69 Å². The normalized spacial score (nSPS) is 16.4. The third kappa shape index (κ3) is 4.40. The minimum Gasteiger partial charge on any atom is -0.497 e. The number of methoxy groups -OCH3 is 1. The summed E-state index contributed by atoms with van der Waals surface area (Å²) >= 11 is 0. The number of hydrogen-bond acceptors (Lipinski definition) is 5. The van der Waals surface area contributed by atoms with E-state index in [4.69, 9.17) is 4.74 Å². The van der Waals surface area contributed by atoms with Gasteiger partial charge in [-0.15, -0.1) is 0 Å². The number of aromatic nitrogens is 1. The van der Waals surface area contributed by atoms with E-state index in [9.17, 15) is 14.4 Å². The lowest BCUT2D eigenvalue weighted by Gasteiger charge is -2.37. The first kappa shape index (κ1) is 23.5. The van der Waals surface area contributed by atoms with Crippen LogP contribution in [0, 0.1) is 0 Å². The molecule has 1 unspecified atom stereocenters. The summed E-state index contributed by atoms with van der Waals surface area (Å²) in [7, 11) is 1.60. The van der Waals surface area contributed by atoms with Crippen molar-refractivity contribution >= 4 is 34.3 Å². The molecule has 3 amide bonds. The Bertz CT molecular complexity index is 1040. The highest BCUT2D eigenvalue weighted by atomic mass is 16.5. The van der Waals surface area contributed by atoms with E-state index in [1.807, 2.05) is 45.0 Å². The monoisotopic (exact) mass is 440 g/mol. The lowest BCUT2D eigenvalue weighted by atomic mass is 10.1. The molecule has 0 aliphatic carbocycles. The number of nitrogens with zero attached hydrogens (tertiary/aromatic N) is 4. The van der Waals surface area contributed by atoms with Gasteiger partial charge in [0.2, 0.25) is 17.7 Å². The molecular formula is C24H32N4O4. The molecule has 172 valence electrons. The number of anilines is 1. The minimum atomic E-state index is -0.653. The number of hydrogen-bond donors (Lipinski definition) is 0. The van der Waals surface area contributed by atoms with Crippen molar-refractivity contribution in [1.29, 1.82) is 0 Å². The molecular weight excluding hydrogens is 408 g/mol. The Labute approximate surface area is 189 Å². The van der Waals surface area contributed by atoms with Crippen molar-refractivity contribution in [3.8, 4) is 5.75 Å². The predicted octanol–water partition coefficient (Wildman–Crippen LogP) is 3.19. The number of fused-ring (bicyclic) bond motifs is 1. The Hall–Kier alpha value is -3.16. The highest BCUT2D eigenvalue weighted by molar-refractivity contribution is 6.02. The largest absolute Gasteiger partial charge is 0.497 e. The van der Waals surface area contributed by atoms with Gasteiger partial charge in [0.1, 0.15) is 18.0 Å². The standard InChI is InChI=1S/C24H32N4O4/c1-16(9-8-12-26-22(31)15-27(17(2)29)24(26,4)5)28(18(3)30)21-14-20(32-6)13-19-10-7-11-25-23(19)21/h7,10-11,13-14,16H,8-9,12,15H2,1-6H3. The first-order chi connectivity index (χ1) is 15.1. The van der Waals surface area contributed by atoms with E-state index in [2.05, 4.69) is 4.98 Å². The van der Waals surface area contributed by atoms with Crippen molar-refractivity contribution < 1.29 is 19.1 Å². The molecule has 0 bridgehead atoms. The van der Waals surface area contributed by atoms with Crippen molar-refractivity contribution in [2.45, 2.75) is 59.2 Å². The van der Waals surface area contributed by atoms with Crippen LogP contribution in [0.5, 0.6) is 5.75 Å². The molecule has 1 aliphatic heterocycles. The molecule has 3 rings (SSSR count). The van der Waals surface area contributed by atoms with Gasteiger partial charge in [-0.2, -0.15) is 0 Å². The molecule has 0 radical (unpaired) electrons. The topological polar surface area (TPSA) is 83.0 Å². The molecule has 8 nitrogen and oxygen atoms in total. The summed E-state index contributed by atoms with van der Waals surface area (Å²) in [5.41, 5.74) is 0.794. The molecule has 1 saturated heterocycles. The van der Waals surface area contributed by atoms with E-state index in [1.54, 1.807) is 34.9 Å². The minimum absolute atomic E-state index is 0.0516. The van der Waals surface area contributed by atoms with Gasteiger partial charge in [0, 0.05) is 44.1 Å². The number of carbonyl (C=O) groups is 3. The Morgan fingerprint density at radius 1 is 1.28 bits per heavy atom. The van der Waals surface area contributed by atoms with Crippen molar-refractivity contribution in [3.63, 3.8) is 0 Å². The Kier molecular flexibility index (Phi) is 6.71. The van der Waals surface area contributed by atoms with Crippen LogP contribution in [0.15, 0.2) is 30.5 Å². The maximum atomic E-state index is 12.7. The first-order valence-electron chi connectivity index (χ1n) is 10.9. The van der Waals surface area contributed by atoms with Gasteiger partial charge in [-0.3, -0.25) is 19.4 Å². The highest BCUT2D eigenvalue weighted by Crippen LogP contribution is 2.33. The van der Waals surface area contributed by atoms with E-state index < -0.39 is 5.66 Å². The second-order valence-electron chi connectivity index (χ2n) is 8.75. The number of pyridine rings is 1. The summed E-state index contributed by atoms with van der Waals surface area (Å²) in [6.45, 7) is 9.42. The summed E-state index contributed by atoms with van der Waals surface area (Å²) in [6.07, 6.45) is 3.09. The lowest BCUT2D eigenvalue weighted by Crippen LogP contribution is -2.51. The number of rotatable bonds is 7. The first-order valence-corrected chi connectivity index (χ1v) is 10.9. The van der Waals surface area contributed by atoms with Crippen LogP contribution in [-0.4, -0.2) is 64.4 Å². The predicted molar refractivity (Wildman–Crippen MR) is 123 cm³/mol. The van der Waals surface area contributed by atoms with Crippen LogP contribution in [0.2, 0.25) is 0 Å². The fourth-order valence-corrected chi connectivity index (χ4v) is 4.60. The molecule has 1 atom stereocenters. The summed E-state index contributed by atoms with van der Waals surface area (Å²) in [4.78, 5) is 46.7. The van der Waals surface area contributed by atoms with E-state index >= 15 is 0 Å². The van der Waals surface area contributed by atoms with Crippen molar-refractivity contribution in [2.24, 2.45) is 0 Å². The second-order valence-corrected chi connectivity index (χ2v) is 8.75. The number of benzene rings is 1. The van der Waals surface area contributed by atoms with Crippen LogP contribution in [-0.2, 0) is 14.4 Å². The van der Waals surface area contributed by atoms with Gasteiger partial charge in [-0.05, 0) is 45.7 Å². The van der Waals surface area contributed by atoms with Gasteiger partial charge in [0.05, 0.1) is 18.3 Å². The smallest absolute Gasteiger partial charge is 0.244 e. The summed E-state index contributed by atoms with van der Waals surface area (Å²) in [5, 5.41) is 0.897. The van der Waals surface area contributed by atoms with Crippen molar-refractivity contribution in [1.82, 2.24) is 14.8 Å². The van der Waals surface area contributed by atoms with Gasteiger partial charge in [0.25, 0.3) is 0 Å². The number of carbonyl (C=O) groups excluding carboxylic acids is 3. The molecule has 0 saturated carbocycles. The molecule has 0 spiro atoms. The lowest BCUT2D eigenvalue weighted by molar-refractivity contribution is -0.135. The molecule has 32 heavy (non-hydrogen) atoms. The van der Waals surface area contributed by atoms with Gasteiger partial charge in [-0.1, -0.05) is 6.07 Å². The highest BCUT2D eigenvalue weighted by Gasteiger charge is 2.45. The van der Waals surface area contributed by atoms with Crippen molar-refractivity contribution in [2.75, 3.05) is 25.1 Å². The summed E-state index contributed by atoms with van der Waals surface area (Å²) in [5.74, 6) is 0.411. The average molecular weight is 441 g/mol. The third-order valence-corrected chi connectivity index (χ3v) is 6.23. The van der Waals surface area contributed by atoms with E-state index in [-0.39, 0.29) is 30.3 Å². The molecule has 1 aliphatic rings. The zero-order valence-corrected chi connectivity index (χ0v) is 19.7. The van der Waals surface area contributed by atoms with Gasteiger partial charge in [0.15, 0.2) is 0 Å². The zero-order valence-electron chi connectivity index (χ0n) is 19.7. The second kappa shape index (κ2) is 9.14. The maximum Gasteiger partial charge on any atom is 0.244 e. The number of ether oxygens (including phenoxy) is 1. The van der Waals surface area contributed by atoms with Crippen molar-refractivity contribution in [3.05, 3.63) is 30.5 Å². The van der Waals surface area contributed by atoms with Crippen LogP contribution in [0.25, 0.3) is 10.9 Å². The summed E-state index contributed by atoms with van der Waals surface area (Å²) in [6, 6.07) is 7.42. The van der Waals surface area contributed by atoms with Crippen LogP contribution >= 0.6 is 0 Å². The van der Waals surface area contributed by atoms with Gasteiger partial charge >= 0.3 is 0 Å². The van der Waals surface area contributed by atoms with Crippen LogP contribution in [0.3, 0.4) is 0 Å². The Morgan fingerprint density at radius 2 is 2.00 bits per heavy atom. The average Bonchev–Trinajstić information content (AvgIpc) is 2.96. The SMILES string of the molecule is COc1cc(N(C(C)=O)C(C)CCCN2C(=O)CN(C(C)=O)C2(C)C)c2ncccc2c1. The maximum absolute atomic E-state index is 12.7. The Morgan fingerprint density at radius 3 is 2.59 bits per heavy atom. The Balaban J connectivity index is 1.78. The van der Waals surface area contributed by atoms with E-state index in [1.165, 1.54) is 6.92 Å². The molecule has 1 aromatic heterocycles.